The molecule has 2 aromatic carbocycles. The molecule has 5 heteroatoms. The van der Waals surface area contributed by atoms with Crippen LogP contribution in [0.2, 0.25) is 0 Å². The maximum Gasteiger partial charge on any atom is 0.274 e. The van der Waals surface area contributed by atoms with Crippen LogP contribution in [0.4, 0.5) is 5.69 Å². The summed E-state index contributed by atoms with van der Waals surface area (Å²) >= 11 is 0. The molecule has 0 radical (unpaired) electrons. The predicted molar refractivity (Wildman–Crippen MR) is 127 cm³/mol. The minimum atomic E-state index is -0.375. The molecule has 2 N–H and O–H groups in total. The van der Waals surface area contributed by atoms with Gasteiger partial charge >= 0.3 is 0 Å². The van der Waals surface area contributed by atoms with Gasteiger partial charge in [0.2, 0.25) is 5.91 Å². The van der Waals surface area contributed by atoms with Crippen LogP contribution in [0.5, 0.6) is 0 Å². The number of unbranched alkanes of at least 4 members (excludes halogenated alkanes) is 2. The van der Waals surface area contributed by atoms with Crippen LogP contribution < -0.4 is 16.2 Å². The highest BCUT2D eigenvalue weighted by Gasteiger charge is 2.15. The van der Waals surface area contributed by atoms with Crippen molar-refractivity contribution in [3.8, 4) is 11.3 Å². The molecule has 0 spiro atoms. The molecule has 3 rings (SSSR count). The van der Waals surface area contributed by atoms with Gasteiger partial charge in [0.1, 0.15) is 5.69 Å². The van der Waals surface area contributed by atoms with Crippen molar-refractivity contribution in [3.63, 3.8) is 0 Å². The van der Waals surface area contributed by atoms with E-state index in [-0.39, 0.29) is 17.5 Å². The third-order valence-electron chi connectivity index (χ3n) is 5.52. The standard InChI is InChI=1S/C26H31N3O2/c1-20(27-2)25(30)28-23-17-18-24(22-15-9-4-10-16-22)29(26(23)31)19-11-5-8-14-21-12-6-3-7-13-21/h3-4,6-7,9-10,12-13,15-18,20,27H,5,8,11,14,19H2,1-2H3,(H,28,30)/t20-/m0/s1. The molecule has 1 amide bonds. The van der Waals surface area contributed by atoms with E-state index in [1.54, 1.807) is 24.6 Å². The summed E-state index contributed by atoms with van der Waals surface area (Å²) < 4.78 is 1.79. The summed E-state index contributed by atoms with van der Waals surface area (Å²) in [6.45, 7) is 2.38. The first-order valence-corrected chi connectivity index (χ1v) is 10.9. The number of carbonyl (C=O) groups is 1. The monoisotopic (exact) mass is 417 g/mol. The van der Waals surface area contributed by atoms with E-state index in [1.807, 2.05) is 42.5 Å². The largest absolute Gasteiger partial charge is 0.320 e. The average Bonchev–Trinajstić information content (AvgIpc) is 2.81. The third kappa shape index (κ3) is 6.15. The van der Waals surface area contributed by atoms with Crippen molar-refractivity contribution < 1.29 is 4.79 Å². The molecular weight excluding hydrogens is 386 g/mol. The lowest BCUT2D eigenvalue weighted by Crippen LogP contribution is -2.37. The van der Waals surface area contributed by atoms with Crippen LogP contribution >= 0.6 is 0 Å². The number of carbonyl (C=O) groups excluding carboxylic acids is 1. The second kappa shape index (κ2) is 11.3. The zero-order chi connectivity index (χ0) is 22.1. The fourth-order valence-corrected chi connectivity index (χ4v) is 3.55. The molecule has 1 heterocycles. The number of anilines is 1. The lowest BCUT2D eigenvalue weighted by Gasteiger charge is -2.16. The molecule has 5 nitrogen and oxygen atoms in total. The number of likely N-dealkylation sites (N-methyl/N-ethyl adjacent to an activating group) is 1. The Kier molecular flexibility index (Phi) is 8.19. The lowest BCUT2D eigenvalue weighted by atomic mass is 10.1. The molecule has 162 valence electrons. The number of pyridine rings is 1. The summed E-state index contributed by atoms with van der Waals surface area (Å²) in [6.07, 6.45) is 4.05. The molecule has 0 aliphatic carbocycles. The molecule has 0 saturated carbocycles. The SMILES string of the molecule is CN[C@@H](C)C(=O)Nc1ccc(-c2ccccc2)n(CCCCCc2ccccc2)c1=O. The Hall–Kier alpha value is -3.18. The van der Waals surface area contributed by atoms with Crippen LogP contribution in [0.3, 0.4) is 0 Å². The minimum absolute atomic E-state index is 0.166. The van der Waals surface area contributed by atoms with Gasteiger partial charge in [-0.3, -0.25) is 9.59 Å². The summed E-state index contributed by atoms with van der Waals surface area (Å²) in [7, 11) is 1.72. The zero-order valence-corrected chi connectivity index (χ0v) is 18.3. The van der Waals surface area contributed by atoms with Crippen molar-refractivity contribution in [2.45, 2.75) is 45.2 Å². The molecule has 0 aliphatic heterocycles. The number of hydrogen-bond donors (Lipinski definition) is 2. The Bertz CT molecular complexity index is 1030. The highest BCUT2D eigenvalue weighted by molar-refractivity contribution is 5.94. The summed E-state index contributed by atoms with van der Waals surface area (Å²) in [5.41, 5.74) is 3.35. The van der Waals surface area contributed by atoms with Crippen LogP contribution in [0.25, 0.3) is 11.3 Å². The molecule has 0 bridgehead atoms. The van der Waals surface area contributed by atoms with E-state index in [4.69, 9.17) is 0 Å². The Morgan fingerprint density at radius 2 is 1.58 bits per heavy atom. The quantitative estimate of drug-likeness (QED) is 0.478. The third-order valence-corrected chi connectivity index (χ3v) is 5.52. The van der Waals surface area contributed by atoms with Gasteiger partial charge in [0.05, 0.1) is 11.7 Å². The first-order valence-electron chi connectivity index (χ1n) is 10.9. The van der Waals surface area contributed by atoms with E-state index >= 15 is 0 Å². The average molecular weight is 418 g/mol. The Labute approximate surface area is 184 Å². The van der Waals surface area contributed by atoms with Crippen molar-refractivity contribution in [1.29, 1.82) is 0 Å². The molecule has 3 aromatic rings. The number of benzene rings is 2. The molecule has 0 aliphatic rings. The van der Waals surface area contributed by atoms with Gasteiger partial charge < -0.3 is 15.2 Å². The van der Waals surface area contributed by atoms with Gasteiger partial charge in [0.15, 0.2) is 0 Å². The van der Waals surface area contributed by atoms with E-state index in [1.165, 1.54) is 5.56 Å². The van der Waals surface area contributed by atoms with E-state index in [9.17, 15) is 9.59 Å². The molecular formula is C26H31N3O2. The molecule has 31 heavy (non-hydrogen) atoms. The number of amides is 1. The highest BCUT2D eigenvalue weighted by atomic mass is 16.2. The van der Waals surface area contributed by atoms with Crippen molar-refractivity contribution in [2.75, 3.05) is 12.4 Å². The topological polar surface area (TPSA) is 63.1 Å². The number of hydrogen-bond acceptors (Lipinski definition) is 3. The van der Waals surface area contributed by atoms with Gasteiger partial charge in [-0.1, -0.05) is 67.1 Å². The van der Waals surface area contributed by atoms with Crippen LogP contribution in [0, 0.1) is 0 Å². The van der Waals surface area contributed by atoms with Crippen molar-refractivity contribution in [1.82, 2.24) is 9.88 Å². The fraction of sp³-hybridized carbons (Fsp3) is 0.308. The van der Waals surface area contributed by atoms with Gasteiger partial charge in [-0.15, -0.1) is 0 Å². The number of aryl methyl sites for hydroxylation is 1. The normalized spacial score (nSPS) is 11.8. The zero-order valence-electron chi connectivity index (χ0n) is 18.3. The van der Waals surface area contributed by atoms with Crippen molar-refractivity contribution >= 4 is 11.6 Å². The molecule has 0 unspecified atom stereocenters. The van der Waals surface area contributed by atoms with E-state index in [0.29, 0.717) is 12.2 Å². The summed E-state index contributed by atoms with van der Waals surface area (Å²) in [4.78, 5) is 25.5. The smallest absolute Gasteiger partial charge is 0.274 e. The number of rotatable bonds is 10. The second-order valence-electron chi connectivity index (χ2n) is 7.75. The summed E-state index contributed by atoms with van der Waals surface area (Å²) in [5, 5.41) is 5.67. The van der Waals surface area contributed by atoms with Crippen LogP contribution in [0.15, 0.2) is 77.6 Å². The van der Waals surface area contributed by atoms with Crippen LogP contribution in [-0.2, 0) is 17.8 Å². The van der Waals surface area contributed by atoms with Gasteiger partial charge in [0, 0.05) is 6.54 Å². The van der Waals surface area contributed by atoms with E-state index in [0.717, 1.165) is 36.9 Å². The van der Waals surface area contributed by atoms with Gasteiger partial charge in [-0.25, -0.2) is 0 Å². The van der Waals surface area contributed by atoms with Gasteiger partial charge in [-0.2, -0.15) is 0 Å². The number of nitrogens with one attached hydrogen (secondary N) is 2. The Morgan fingerprint density at radius 3 is 2.26 bits per heavy atom. The molecule has 1 atom stereocenters. The summed E-state index contributed by atoms with van der Waals surface area (Å²) in [6, 6.07) is 23.6. The Balaban J connectivity index is 1.75. The first kappa shape index (κ1) is 22.5. The molecule has 1 aromatic heterocycles. The van der Waals surface area contributed by atoms with Crippen molar-refractivity contribution in [2.24, 2.45) is 0 Å². The number of nitrogens with zero attached hydrogens (tertiary/aromatic N) is 1. The van der Waals surface area contributed by atoms with Crippen molar-refractivity contribution in [3.05, 3.63) is 88.7 Å². The predicted octanol–water partition coefficient (Wildman–Crippen LogP) is 4.47. The maximum absolute atomic E-state index is 13.2. The van der Waals surface area contributed by atoms with E-state index in [2.05, 4.69) is 34.9 Å². The van der Waals surface area contributed by atoms with Gasteiger partial charge in [0.25, 0.3) is 5.56 Å². The number of aromatic nitrogens is 1. The molecule has 0 saturated heterocycles. The first-order chi connectivity index (χ1) is 15.1. The highest BCUT2D eigenvalue weighted by Crippen LogP contribution is 2.20. The minimum Gasteiger partial charge on any atom is -0.320 e. The Morgan fingerprint density at radius 1 is 0.903 bits per heavy atom. The fourth-order valence-electron chi connectivity index (χ4n) is 3.55. The summed E-state index contributed by atoms with van der Waals surface area (Å²) in [5.74, 6) is -0.221. The molecule has 0 fully saturated rings. The van der Waals surface area contributed by atoms with Gasteiger partial charge in [-0.05, 0) is 56.5 Å². The lowest BCUT2D eigenvalue weighted by molar-refractivity contribution is -0.117. The van der Waals surface area contributed by atoms with Crippen LogP contribution in [0.1, 0.15) is 31.7 Å². The second-order valence-corrected chi connectivity index (χ2v) is 7.75. The van der Waals surface area contributed by atoms with E-state index < -0.39 is 0 Å². The van der Waals surface area contributed by atoms with Crippen LogP contribution in [-0.4, -0.2) is 23.6 Å². The maximum atomic E-state index is 13.2.